The van der Waals surface area contributed by atoms with E-state index in [2.05, 4.69) is 26.4 Å². The summed E-state index contributed by atoms with van der Waals surface area (Å²) in [5.41, 5.74) is 5.67. The second kappa shape index (κ2) is 8.84. The summed E-state index contributed by atoms with van der Waals surface area (Å²) in [5, 5.41) is 19.3. The summed E-state index contributed by atoms with van der Waals surface area (Å²) in [4.78, 5) is 22.1. The van der Waals surface area contributed by atoms with E-state index in [1.54, 1.807) is 10.9 Å². The molecule has 0 unspecified atom stereocenters. The summed E-state index contributed by atoms with van der Waals surface area (Å²) in [6.07, 6.45) is 1.57. The molecule has 2 aromatic rings. The minimum Gasteiger partial charge on any atom is -0.480 e. The van der Waals surface area contributed by atoms with Gasteiger partial charge in [-0.05, 0) is 24.4 Å². The lowest BCUT2D eigenvalue weighted by Crippen LogP contribution is -2.48. The molecule has 9 nitrogen and oxygen atoms in total. The zero-order valence-electron chi connectivity index (χ0n) is 12.3. The zero-order valence-corrected chi connectivity index (χ0v) is 13.9. The fourth-order valence-corrected chi connectivity index (χ4v) is 2.43. The number of hydrazine groups is 1. The van der Waals surface area contributed by atoms with Crippen LogP contribution in [0.1, 0.15) is 0 Å². The standard InChI is InChI=1S/C13H14N6O3S2/c20-10(16-17-12(23)14-6-11(21)22)7-24-13-18-15-8-19(13)9-4-2-1-3-5-9/h1-5,8H,6-7H2,(H,16,20)(H,21,22)(H2,14,17,23). The van der Waals surface area contributed by atoms with Crippen LogP contribution in [0.5, 0.6) is 0 Å². The first-order chi connectivity index (χ1) is 11.6. The zero-order chi connectivity index (χ0) is 17.4. The molecule has 1 aromatic heterocycles. The summed E-state index contributed by atoms with van der Waals surface area (Å²) < 4.78 is 1.77. The molecule has 1 aromatic carbocycles. The Morgan fingerprint density at radius 2 is 2.00 bits per heavy atom. The maximum atomic E-state index is 11.8. The average Bonchev–Trinajstić information content (AvgIpc) is 3.05. The van der Waals surface area contributed by atoms with E-state index < -0.39 is 5.97 Å². The molecule has 0 bridgehead atoms. The van der Waals surface area contributed by atoms with Crippen LogP contribution in [0.4, 0.5) is 0 Å². The summed E-state index contributed by atoms with van der Waals surface area (Å²) in [6.45, 7) is -0.337. The topological polar surface area (TPSA) is 121 Å². The normalized spacial score (nSPS) is 10.0. The Morgan fingerprint density at radius 3 is 2.71 bits per heavy atom. The number of aliphatic carboxylic acids is 1. The van der Waals surface area contributed by atoms with Crippen LogP contribution >= 0.6 is 24.0 Å². The van der Waals surface area contributed by atoms with E-state index in [-0.39, 0.29) is 23.3 Å². The van der Waals surface area contributed by atoms with Gasteiger partial charge in [-0.25, -0.2) is 0 Å². The Morgan fingerprint density at radius 1 is 1.25 bits per heavy atom. The van der Waals surface area contributed by atoms with Gasteiger partial charge in [0.2, 0.25) is 5.91 Å². The fraction of sp³-hybridized carbons (Fsp3) is 0.154. The Labute approximate surface area is 146 Å². The van der Waals surface area contributed by atoms with Crippen LogP contribution < -0.4 is 16.2 Å². The van der Waals surface area contributed by atoms with E-state index in [9.17, 15) is 9.59 Å². The number of carboxylic acid groups (broad SMARTS) is 1. The van der Waals surface area contributed by atoms with E-state index in [0.29, 0.717) is 5.16 Å². The van der Waals surface area contributed by atoms with E-state index in [4.69, 9.17) is 17.3 Å². The minimum atomic E-state index is -1.05. The first kappa shape index (κ1) is 17.7. The van der Waals surface area contributed by atoms with Crippen molar-refractivity contribution in [1.29, 1.82) is 0 Å². The van der Waals surface area contributed by atoms with Crippen molar-refractivity contribution in [3.8, 4) is 5.69 Å². The quantitative estimate of drug-likeness (QED) is 0.316. The van der Waals surface area contributed by atoms with E-state index in [1.807, 2.05) is 30.3 Å². The first-order valence-corrected chi connectivity index (χ1v) is 8.08. The van der Waals surface area contributed by atoms with Crippen LogP contribution in [0.15, 0.2) is 41.8 Å². The molecule has 0 aliphatic carbocycles. The van der Waals surface area contributed by atoms with E-state index >= 15 is 0 Å². The Balaban J connectivity index is 1.80. The van der Waals surface area contributed by atoms with Crippen molar-refractivity contribution < 1.29 is 14.7 Å². The van der Waals surface area contributed by atoms with Gasteiger partial charge in [0.15, 0.2) is 10.3 Å². The highest BCUT2D eigenvalue weighted by Gasteiger charge is 2.10. The van der Waals surface area contributed by atoms with Crippen molar-refractivity contribution in [3.05, 3.63) is 36.7 Å². The molecule has 0 aliphatic rings. The highest BCUT2D eigenvalue weighted by atomic mass is 32.2. The molecule has 1 amide bonds. The van der Waals surface area contributed by atoms with Crippen LogP contribution in [-0.2, 0) is 9.59 Å². The number of para-hydroxylation sites is 1. The molecule has 0 radical (unpaired) electrons. The number of aromatic nitrogens is 3. The molecule has 4 N–H and O–H groups in total. The molecule has 2 rings (SSSR count). The van der Waals surface area contributed by atoms with E-state index in [0.717, 1.165) is 5.69 Å². The molecule has 11 heteroatoms. The van der Waals surface area contributed by atoms with Gasteiger partial charge in [0.1, 0.15) is 12.9 Å². The molecular formula is C13H14N6O3S2. The monoisotopic (exact) mass is 366 g/mol. The highest BCUT2D eigenvalue weighted by molar-refractivity contribution is 7.99. The number of thioether (sulfide) groups is 1. The SMILES string of the molecule is O=C(O)CNC(=S)NNC(=O)CSc1nncn1-c1ccccc1. The molecule has 0 saturated carbocycles. The molecule has 0 spiro atoms. The second-order valence-electron chi connectivity index (χ2n) is 4.36. The number of thiocarbonyl (C=S) groups is 1. The molecule has 1 heterocycles. The van der Waals surface area contributed by atoms with Crippen molar-refractivity contribution in [2.75, 3.05) is 12.3 Å². The van der Waals surface area contributed by atoms with Crippen LogP contribution in [0, 0.1) is 0 Å². The number of nitrogens with one attached hydrogen (secondary N) is 3. The van der Waals surface area contributed by atoms with Gasteiger partial charge in [0.25, 0.3) is 0 Å². The van der Waals surface area contributed by atoms with Gasteiger partial charge in [0.05, 0.1) is 5.75 Å². The number of carbonyl (C=O) groups is 2. The Kier molecular flexibility index (Phi) is 6.51. The predicted molar refractivity (Wildman–Crippen MR) is 91.6 cm³/mol. The average molecular weight is 366 g/mol. The second-order valence-corrected chi connectivity index (χ2v) is 5.71. The summed E-state index contributed by atoms with van der Waals surface area (Å²) in [5.74, 6) is -1.32. The smallest absolute Gasteiger partial charge is 0.322 e. The third-order valence-electron chi connectivity index (χ3n) is 2.60. The van der Waals surface area contributed by atoms with Crippen LogP contribution in [0.2, 0.25) is 0 Å². The maximum absolute atomic E-state index is 11.8. The molecule has 0 saturated heterocycles. The molecular weight excluding hydrogens is 352 g/mol. The lowest BCUT2D eigenvalue weighted by molar-refractivity contribution is -0.135. The van der Waals surface area contributed by atoms with Crippen LogP contribution in [0.3, 0.4) is 0 Å². The third-order valence-corrected chi connectivity index (χ3v) is 3.79. The number of hydrogen-bond acceptors (Lipinski definition) is 6. The molecule has 0 aliphatic heterocycles. The van der Waals surface area contributed by atoms with Gasteiger partial charge in [-0.1, -0.05) is 30.0 Å². The molecule has 0 fully saturated rings. The highest BCUT2D eigenvalue weighted by Crippen LogP contribution is 2.18. The van der Waals surface area contributed by atoms with Gasteiger partial charge in [-0.3, -0.25) is 25.0 Å². The molecule has 126 valence electrons. The maximum Gasteiger partial charge on any atom is 0.322 e. The predicted octanol–water partition coefficient (Wildman–Crippen LogP) is -0.0607. The number of carbonyl (C=O) groups excluding carboxylic acids is 1. The molecule has 24 heavy (non-hydrogen) atoms. The number of nitrogens with zero attached hydrogens (tertiary/aromatic N) is 3. The van der Waals surface area contributed by atoms with E-state index in [1.165, 1.54) is 11.8 Å². The van der Waals surface area contributed by atoms with Crippen LogP contribution in [-0.4, -0.2) is 49.2 Å². The Hall–Kier alpha value is -2.66. The molecule has 0 atom stereocenters. The van der Waals surface area contributed by atoms with Gasteiger partial charge in [-0.2, -0.15) is 0 Å². The minimum absolute atomic E-state index is 0.0169. The van der Waals surface area contributed by atoms with Crippen molar-refractivity contribution in [1.82, 2.24) is 30.9 Å². The lowest BCUT2D eigenvalue weighted by Gasteiger charge is -2.10. The number of rotatable bonds is 6. The number of benzene rings is 1. The van der Waals surface area contributed by atoms with Crippen molar-refractivity contribution in [2.24, 2.45) is 0 Å². The summed E-state index contributed by atoms with van der Waals surface area (Å²) in [7, 11) is 0. The number of hydrogen-bond donors (Lipinski definition) is 4. The number of amides is 1. The van der Waals surface area contributed by atoms with Gasteiger partial charge < -0.3 is 10.4 Å². The Bertz CT molecular complexity index is 722. The van der Waals surface area contributed by atoms with Crippen LogP contribution in [0.25, 0.3) is 5.69 Å². The fourth-order valence-electron chi connectivity index (χ4n) is 1.58. The lowest BCUT2D eigenvalue weighted by atomic mass is 10.3. The van der Waals surface area contributed by atoms with Gasteiger partial charge in [-0.15, -0.1) is 10.2 Å². The van der Waals surface area contributed by atoms with Gasteiger partial charge >= 0.3 is 5.97 Å². The largest absolute Gasteiger partial charge is 0.480 e. The van der Waals surface area contributed by atoms with Crippen molar-refractivity contribution in [3.63, 3.8) is 0 Å². The first-order valence-electron chi connectivity index (χ1n) is 6.69. The van der Waals surface area contributed by atoms with Gasteiger partial charge in [0, 0.05) is 5.69 Å². The van der Waals surface area contributed by atoms with Crippen molar-refractivity contribution >= 4 is 41.0 Å². The van der Waals surface area contributed by atoms with Crippen molar-refractivity contribution in [2.45, 2.75) is 5.16 Å². The summed E-state index contributed by atoms with van der Waals surface area (Å²) in [6, 6.07) is 9.50. The summed E-state index contributed by atoms with van der Waals surface area (Å²) >= 11 is 6.01. The third kappa shape index (κ3) is 5.52. The number of carboxylic acids is 1.